The van der Waals surface area contributed by atoms with Crippen LogP contribution >= 0.6 is 0 Å². The molecule has 3 aromatic rings. The number of hydrogen-bond acceptors (Lipinski definition) is 4. The van der Waals surface area contributed by atoms with Gasteiger partial charge in [0.15, 0.2) is 0 Å². The minimum absolute atomic E-state index is 0.129. The van der Waals surface area contributed by atoms with Gasteiger partial charge in [-0.15, -0.1) is 0 Å². The maximum atomic E-state index is 5.90. The van der Waals surface area contributed by atoms with Crippen molar-refractivity contribution in [3.05, 3.63) is 71.8 Å². The fraction of sp³-hybridized carbons (Fsp3) is 0.370. The highest BCUT2D eigenvalue weighted by molar-refractivity contribution is 5.66. The number of methoxy groups -OCH3 is 1. The monoisotopic (exact) mass is 418 g/mol. The van der Waals surface area contributed by atoms with E-state index in [4.69, 9.17) is 14.5 Å². The smallest absolute Gasteiger partial charge is 0.131 e. The average molecular weight is 419 g/mol. The first-order valence-electron chi connectivity index (χ1n) is 10.9. The highest BCUT2D eigenvalue weighted by Crippen LogP contribution is 2.28. The first-order chi connectivity index (χ1) is 14.7. The molecule has 0 radical (unpaired) electrons. The molecule has 4 nitrogen and oxygen atoms in total. The molecule has 2 aromatic carbocycles. The second kappa shape index (κ2) is 9.97. The lowest BCUT2D eigenvalue weighted by molar-refractivity contribution is 0.0971. The number of benzene rings is 2. The third-order valence-electron chi connectivity index (χ3n) is 4.99. The molecular formula is C27H34N2O2. The van der Waals surface area contributed by atoms with Crippen molar-refractivity contribution in [2.24, 2.45) is 5.92 Å². The molecule has 1 heterocycles. The molecule has 1 N–H and O–H groups in total. The Kier molecular flexibility index (Phi) is 7.34. The van der Waals surface area contributed by atoms with Crippen LogP contribution in [0.4, 0.5) is 11.5 Å². The molecule has 4 heteroatoms. The van der Waals surface area contributed by atoms with Crippen molar-refractivity contribution in [2.45, 2.75) is 46.6 Å². The van der Waals surface area contributed by atoms with Gasteiger partial charge >= 0.3 is 0 Å². The number of nitrogens with one attached hydrogen (secondary N) is 1. The Morgan fingerprint density at radius 1 is 0.968 bits per heavy atom. The van der Waals surface area contributed by atoms with Gasteiger partial charge in [-0.25, -0.2) is 4.98 Å². The summed E-state index contributed by atoms with van der Waals surface area (Å²) in [5.41, 5.74) is 5.43. The predicted molar refractivity (Wildman–Crippen MR) is 129 cm³/mol. The standard InChI is InChI=1S/C27H34N2O2/c1-19(2)17-31-18-20-14-25(21-8-7-9-24(16-21)30-6)29-26(15-20)28-23-12-10-22(11-13-23)27(3,4)5/h7-16,19H,17-18H2,1-6H3,(H,28,29). The number of anilines is 2. The van der Waals surface area contributed by atoms with Crippen LogP contribution in [-0.4, -0.2) is 18.7 Å². The van der Waals surface area contributed by atoms with Crippen LogP contribution in [0.25, 0.3) is 11.3 Å². The lowest BCUT2D eigenvalue weighted by Crippen LogP contribution is -2.10. The van der Waals surface area contributed by atoms with Gasteiger partial charge in [0, 0.05) is 17.9 Å². The molecule has 0 fully saturated rings. The number of nitrogens with zero attached hydrogens (tertiary/aromatic N) is 1. The average Bonchev–Trinajstić information content (AvgIpc) is 2.73. The van der Waals surface area contributed by atoms with Gasteiger partial charge in [0.2, 0.25) is 0 Å². The van der Waals surface area contributed by atoms with Crippen molar-refractivity contribution in [2.75, 3.05) is 19.0 Å². The summed E-state index contributed by atoms with van der Waals surface area (Å²) >= 11 is 0. The van der Waals surface area contributed by atoms with E-state index in [0.717, 1.165) is 40.7 Å². The lowest BCUT2D eigenvalue weighted by Gasteiger charge is -2.19. The van der Waals surface area contributed by atoms with Crippen LogP contribution in [0.15, 0.2) is 60.7 Å². The molecular weight excluding hydrogens is 384 g/mol. The SMILES string of the molecule is COc1cccc(-c2cc(COCC(C)C)cc(Nc3ccc(C(C)(C)C)cc3)n2)c1. The summed E-state index contributed by atoms with van der Waals surface area (Å²) in [6.07, 6.45) is 0. The Labute approximate surface area is 186 Å². The van der Waals surface area contributed by atoms with E-state index in [9.17, 15) is 0 Å². The van der Waals surface area contributed by atoms with Gasteiger partial charge in [0.05, 0.1) is 19.4 Å². The van der Waals surface area contributed by atoms with Crippen LogP contribution in [-0.2, 0) is 16.8 Å². The Bertz CT molecular complexity index is 989. The lowest BCUT2D eigenvalue weighted by atomic mass is 9.87. The van der Waals surface area contributed by atoms with E-state index in [1.54, 1.807) is 7.11 Å². The predicted octanol–water partition coefficient (Wildman–Crippen LogP) is 6.97. The highest BCUT2D eigenvalue weighted by atomic mass is 16.5. The first kappa shape index (κ1) is 22.8. The van der Waals surface area contributed by atoms with Crippen LogP contribution < -0.4 is 10.1 Å². The van der Waals surface area contributed by atoms with Gasteiger partial charge in [-0.1, -0.05) is 58.9 Å². The molecule has 0 saturated carbocycles. The Morgan fingerprint density at radius 3 is 2.35 bits per heavy atom. The van der Waals surface area contributed by atoms with Crippen molar-refractivity contribution in [3.63, 3.8) is 0 Å². The van der Waals surface area contributed by atoms with Crippen molar-refractivity contribution in [1.82, 2.24) is 4.98 Å². The topological polar surface area (TPSA) is 43.4 Å². The molecule has 0 aliphatic carbocycles. The number of hydrogen-bond donors (Lipinski definition) is 1. The summed E-state index contributed by atoms with van der Waals surface area (Å²) in [6, 6.07) is 20.7. The normalized spacial score (nSPS) is 11.6. The number of pyridine rings is 1. The molecule has 0 saturated heterocycles. The van der Waals surface area contributed by atoms with Crippen molar-refractivity contribution >= 4 is 11.5 Å². The molecule has 3 rings (SSSR count). The van der Waals surface area contributed by atoms with Crippen LogP contribution in [0.2, 0.25) is 0 Å². The van der Waals surface area contributed by atoms with E-state index in [0.29, 0.717) is 12.5 Å². The van der Waals surface area contributed by atoms with E-state index < -0.39 is 0 Å². The molecule has 31 heavy (non-hydrogen) atoms. The van der Waals surface area contributed by atoms with Crippen molar-refractivity contribution < 1.29 is 9.47 Å². The first-order valence-corrected chi connectivity index (χ1v) is 10.9. The molecule has 0 atom stereocenters. The second-order valence-electron chi connectivity index (χ2n) is 9.34. The molecule has 0 bridgehead atoms. The van der Waals surface area contributed by atoms with Gasteiger partial charge in [-0.3, -0.25) is 0 Å². The summed E-state index contributed by atoms with van der Waals surface area (Å²) in [4.78, 5) is 4.87. The zero-order valence-electron chi connectivity index (χ0n) is 19.5. The Hall–Kier alpha value is -2.85. The summed E-state index contributed by atoms with van der Waals surface area (Å²) < 4.78 is 11.3. The molecule has 0 unspecified atom stereocenters. The molecule has 1 aromatic heterocycles. The minimum atomic E-state index is 0.129. The van der Waals surface area contributed by atoms with Gasteiger partial charge in [0.1, 0.15) is 11.6 Å². The van der Waals surface area contributed by atoms with Gasteiger partial charge in [0.25, 0.3) is 0 Å². The number of aromatic nitrogens is 1. The zero-order chi connectivity index (χ0) is 22.4. The maximum Gasteiger partial charge on any atom is 0.131 e. The van der Waals surface area contributed by atoms with Gasteiger partial charge < -0.3 is 14.8 Å². The van der Waals surface area contributed by atoms with Crippen LogP contribution in [0.3, 0.4) is 0 Å². The maximum absolute atomic E-state index is 5.90. The summed E-state index contributed by atoms with van der Waals surface area (Å²) in [5.74, 6) is 2.11. The van der Waals surface area contributed by atoms with Gasteiger partial charge in [-0.2, -0.15) is 0 Å². The number of ether oxygens (including phenoxy) is 2. The summed E-state index contributed by atoms with van der Waals surface area (Å²) in [7, 11) is 1.68. The largest absolute Gasteiger partial charge is 0.497 e. The van der Waals surface area contributed by atoms with Crippen LogP contribution in [0.5, 0.6) is 5.75 Å². The van der Waals surface area contributed by atoms with Crippen LogP contribution in [0, 0.1) is 5.92 Å². The van der Waals surface area contributed by atoms with E-state index in [1.165, 1.54) is 5.56 Å². The molecule has 0 amide bonds. The Balaban J connectivity index is 1.90. The number of rotatable bonds is 8. The zero-order valence-corrected chi connectivity index (χ0v) is 19.5. The molecule has 0 aliphatic rings. The minimum Gasteiger partial charge on any atom is -0.497 e. The Morgan fingerprint density at radius 2 is 1.71 bits per heavy atom. The molecule has 0 aliphatic heterocycles. The third kappa shape index (κ3) is 6.56. The van der Waals surface area contributed by atoms with E-state index in [-0.39, 0.29) is 5.41 Å². The fourth-order valence-electron chi connectivity index (χ4n) is 3.28. The van der Waals surface area contributed by atoms with Gasteiger partial charge in [-0.05, 0) is 58.9 Å². The van der Waals surface area contributed by atoms with E-state index >= 15 is 0 Å². The fourth-order valence-corrected chi connectivity index (χ4v) is 3.28. The van der Waals surface area contributed by atoms with Crippen LogP contribution in [0.1, 0.15) is 45.7 Å². The molecule has 0 spiro atoms. The third-order valence-corrected chi connectivity index (χ3v) is 4.99. The van der Waals surface area contributed by atoms with E-state index in [2.05, 4.69) is 76.3 Å². The second-order valence-corrected chi connectivity index (χ2v) is 9.34. The van der Waals surface area contributed by atoms with E-state index in [1.807, 2.05) is 24.3 Å². The summed E-state index contributed by atoms with van der Waals surface area (Å²) in [6.45, 7) is 12.3. The summed E-state index contributed by atoms with van der Waals surface area (Å²) in [5, 5.41) is 3.46. The highest BCUT2D eigenvalue weighted by Gasteiger charge is 2.13. The molecule has 164 valence electrons. The van der Waals surface area contributed by atoms with Crippen molar-refractivity contribution in [1.29, 1.82) is 0 Å². The quantitative estimate of drug-likeness (QED) is 0.429. The van der Waals surface area contributed by atoms with Crippen molar-refractivity contribution in [3.8, 4) is 17.0 Å².